The summed E-state index contributed by atoms with van der Waals surface area (Å²) in [6, 6.07) is 5.18. The third-order valence-electron chi connectivity index (χ3n) is 4.28. The molecule has 0 radical (unpaired) electrons. The van der Waals surface area contributed by atoms with Crippen LogP contribution in [0.3, 0.4) is 0 Å². The number of morpholine rings is 1. The van der Waals surface area contributed by atoms with Crippen LogP contribution in [0.25, 0.3) is 0 Å². The fourth-order valence-electron chi connectivity index (χ4n) is 2.88. The normalized spacial score (nSPS) is 19.1. The highest BCUT2D eigenvalue weighted by molar-refractivity contribution is 5.74. The number of β-amino-alcohol motifs (C(OH)–C–C–N with tert-alkyl or cyclic N) is 1. The van der Waals surface area contributed by atoms with E-state index < -0.39 is 23.9 Å². The number of ether oxygens (including phenoxy) is 1. The van der Waals surface area contributed by atoms with E-state index in [0.717, 1.165) is 0 Å². The number of carbonyl (C=O) groups is 1. The van der Waals surface area contributed by atoms with Gasteiger partial charge >= 0.3 is 12.2 Å². The van der Waals surface area contributed by atoms with E-state index in [0.29, 0.717) is 38.4 Å². The molecule has 1 fully saturated rings. The highest BCUT2D eigenvalue weighted by Crippen LogP contribution is 2.23. The van der Waals surface area contributed by atoms with Gasteiger partial charge in [-0.3, -0.25) is 4.90 Å². The largest absolute Gasteiger partial charge is 0.408 e. The fraction of sp³-hybridized carbons (Fsp3) is 0.611. The standard InChI is InChI=1S/C18H26F3N3O3/c1-17(26,13-24-7-9-27-10-8-24)12-22-16(25)23-15(18(19,20)21)11-14-5-3-2-4-6-14/h2-6,15,26H,7-13H2,1H3,(H2,22,23,25)/t15-,17-/m1/s1. The number of alkyl halides is 3. The van der Waals surface area contributed by atoms with Crippen LogP contribution in [-0.2, 0) is 11.2 Å². The molecule has 0 bridgehead atoms. The van der Waals surface area contributed by atoms with Gasteiger partial charge in [-0.15, -0.1) is 0 Å². The Morgan fingerprint density at radius 3 is 2.48 bits per heavy atom. The molecule has 1 aromatic carbocycles. The van der Waals surface area contributed by atoms with Crippen LogP contribution < -0.4 is 10.6 Å². The van der Waals surface area contributed by atoms with Crippen LogP contribution in [0, 0.1) is 0 Å². The smallest absolute Gasteiger partial charge is 0.387 e. The first-order valence-corrected chi connectivity index (χ1v) is 8.83. The van der Waals surface area contributed by atoms with Gasteiger partial charge in [0.1, 0.15) is 6.04 Å². The minimum atomic E-state index is -4.58. The minimum absolute atomic E-state index is 0.161. The van der Waals surface area contributed by atoms with E-state index in [9.17, 15) is 23.1 Å². The summed E-state index contributed by atoms with van der Waals surface area (Å²) in [5, 5.41) is 14.7. The zero-order valence-electron chi connectivity index (χ0n) is 15.3. The maximum absolute atomic E-state index is 13.2. The summed E-state index contributed by atoms with van der Waals surface area (Å²) in [5.74, 6) is 0. The molecule has 0 spiro atoms. The first kappa shape index (κ1) is 21.5. The molecule has 1 aliphatic heterocycles. The lowest BCUT2D eigenvalue weighted by molar-refractivity contribution is -0.152. The predicted molar refractivity (Wildman–Crippen MR) is 94.4 cm³/mol. The van der Waals surface area contributed by atoms with Crippen molar-refractivity contribution >= 4 is 6.03 Å². The first-order chi connectivity index (χ1) is 12.7. The number of nitrogens with zero attached hydrogens (tertiary/aromatic N) is 1. The molecule has 152 valence electrons. The van der Waals surface area contributed by atoms with Crippen LogP contribution >= 0.6 is 0 Å². The number of urea groups is 1. The second-order valence-electron chi connectivity index (χ2n) is 7.00. The van der Waals surface area contributed by atoms with Crippen molar-refractivity contribution in [1.29, 1.82) is 0 Å². The molecule has 2 rings (SSSR count). The quantitative estimate of drug-likeness (QED) is 0.662. The number of benzene rings is 1. The number of halogens is 3. The molecular weight excluding hydrogens is 363 g/mol. The molecule has 1 aliphatic rings. The lowest BCUT2D eigenvalue weighted by Crippen LogP contribution is -2.55. The van der Waals surface area contributed by atoms with Crippen molar-refractivity contribution in [2.24, 2.45) is 0 Å². The van der Waals surface area contributed by atoms with E-state index in [2.05, 4.69) is 5.32 Å². The molecular formula is C18H26F3N3O3. The van der Waals surface area contributed by atoms with Gasteiger partial charge in [0, 0.05) is 32.6 Å². The Labute approximate surface area is 156 Å². The number of hydrogen-bond acceptors (Lipinski definition) is 4. The Balaban J connectivity index is 1.85. The molecule has 1 aromatic rings. The van der Waals surface area contributed by atoms with E-state index in [4.69, 9.17) is 4.74 Å². The van der Waals surface area contributed by atoms with Gasteiger partial charge in [-0.05, 0) is 12.5 Å². The number of nitrogens with one attached hydrogen (secondary N) is 2. The third-order valence-corrected chi connectivity index (χ3v) is 4.28. The van der Waals surface area contributed by atoms with Gasteiger partial charge in [0.05, 0.1) is 18.8 Å². The Morgan fingerprint density at radius 2 is 1.89 bits per heavy atom. The predicted octanol–water partition coefficient (Wildman–Crippen LogP) is 1.54. The van der Waals surface area contributed by atoms with Crippen LogP contribution in [0.5, 0.6) is 0 Å². The molecule has 27 heavy (non-hydrogen) atoms. The first-order valence-electron chi connectivity index (χ1n) is 8.83. The Morgan fingerprint density at radius 1 is 1.26 bits per heavy atom. The topological polar surface area (TPSA) is 73.8 Å². The molecule has 3 N–H and O–H groups in total. The van der Waals surface area contributed by atoms with Crippen molar-refractivity contribution in [3.63, 3.8) is 0 Å². The second-order valence-corrected chi connectivity index (χ2v) is 7.00. The lowest BCUT2D eigenvalue weighted by atomic mass is 10.1. The van der Waals surface area contributed by atoms with E-state index in [1.807, 2.05) is 10.2 Å². The molecule has 0 aliphatic carbocycles. The van der Waals surface area contributed by atoms with Crippen LogP contribution in [0.4, 0.5) is 18.0 Å². The number of aliphatic hydroxyl groups is 1. The van der Waals surface area contributed by atoms with Crippen molar-refractivity contribution in [1.82, 2.24) is 15.5 Å². The molecule has 9 heteroatoms. The van der Waals surface area contributed by atoms with E-state index >= 15 is 0 Å². The zero-order chi connectivity index (χ0) is 19.9. The van der Waals surface area contributed by atoms with E-state index in [1.165, 1.54) is 6.92 Å². The van der Waals surface area contributed by atoms with Crippen LogP contribution in [-0.4, -0.2) is 73.2 Å². The molecule has 1 saturated heterocycles. The maximum atomic E-state index is 13.2. The molecule has 6 nitrogen and oxygen atoms in total. The van der Waals surface area contributed by atoms with Crippen molar-refractivity contribution in [3.05, 3.63) is 35.9 Å². The van der Waals surface area contributed by atoms with Crippen molar-refractivity contribution < 1.29 is 27.8 Å². The van der Waals surface area contributed by atoms with Gasteiger partial charge in [-0.25, -0.2) is 4.79 Å². The van der Waals surface area contributed by atoms with Crippen LogP contribution in [0.1, 0.15) is 12.5 Å². The van der Waals surface area contributed by atoms with Gasteiger partial charge < -0.3 is 20.5 Å². The van der Waals surface area contributed by atoms with Crippen molar-refractivity contribution in [2.45, 2.75) is 31.2 Å². The second kappa shape index (κ2) is 9.38. The zero-order valence-corrected chi connectivity index (χ0v) is 15.3. The highest BCUT2D eigenvalue weighted by atomic mass is 19.4. The van der Waals surface area contributed by atoms with Gasteiger partial charge in [-0.1, -0.05) is 30.3 Å². The summed E-state index contributed by atoms with van der Waals surface area (Å²) in [5.41, 5.74) is -0.790. The van der Waals surface area contributed by atoms with Gasteiger partial charge in [-0.2, -0.15) is 13.2 Å². The average molecular weight is 389 g/mol. The number of hydrogen-bond donors (Lipinski definition) is 3. The minimum Gasteiger partial charge on any atom is -0.387 e. The monoisotopic (exact) mass is 389 g/mol. The van der Waals surface area contributed by atoms with Gasteiger partial charge in [0.15, 0.2) is 0 Å². The summed E-state index contributed by atoms with van der Waals surface area (Å²) < 4.78 is 44.9. The van der Waals surface area contributed by atoms with E-state index in [-0.39, 0.29) is 13.0 Å². The molecule has 2 atom stereocenters. The Kier molecular flexibility index (Phi) is 7.46. The summed E-state index contributed by atoms with van der Waals surface area (Å²) in [7, 11) is 0. The van der Waals surface area contributed by atoms with Gasteiger partial charge in [0.2, 0.25) is 0 Å². The fourth-order valence-corrected chi connectivity index (χ4v) is 2.88. The summed E-state index contributed by atoms with van der Waals surface area (Å²) >= 11 is 0. The Bertz CT molecular complexity index is 591. The van der Waals surface area contributed by atoms with E-state index in [1.54, 1.807) is 30.3 Å². The maximum Gasteiger partial charge on any atom is 0.408 e. The number of carbonyl (C=O) groups excluding carboxylic acids is 1. The number of amides is 2. The summed E-state index contributed by atoms with van der Waals surface area (Å²) in [6.45, 7) is 4.13. The molecule has 0 aromatic heterocycles. The van der Waals surface area contributed by atoms with Gasteiger partial charge in [0.25, 0.3) is 0 Å². The summed E-state index contributed by atoms with van der Waals surface area (Å²) in [4.78, 5) is 13.9. The number of rotatable bonds is 7. The molecule has 0 saturated carbocycles. The molecule has 1 heterocycles. The van der Waals surface area contributed by atoms with Crippen molar-refractivity contribution in [2.75, 3.05) is 39.4 Å². The van der Waals surface area contributed by atoms with Crippen LogP contribution in [0.15, 0.2) is 30.3 Å². The van der Waals surface area contributed by atoms with Crippen molar-refractivity contribution in [3.8, 4) is 0 Å². The molecule has 0 unspecified atom stereocenters. The highest BCUT2D eigenvalue weighted by Gasteiger charge is 2.40. The average Bonchev–Trinajstić information content (AvgIpc) is 2.60. The summed E-state index contributed by atoms with van der Waals surface area (Å²) in [6.07, 6.45) is -4.94. The SMILES string of the molecule is C[C@@](O)(CNC(=O)N[C@H](Cc1ccccc1)C(F)(F)F)CN1CCOCC1. The lowest BCUT2D eigenvalue weighted by Gasteiger charge is -2.34. The molecule has 2 amide bonds. The Hall–Kier alpha value is -1.84. The van der Waals surface area contributed by atoms with Crippen LogP contribution in [0.2, 0.25) is 0 Å². The third kappa shape index (κ3) is 7.74.